The van der Waals surface area contributed by atoms with E-state index in [4.69, 9.17) is 27.9 Å². The second kappa shape index (κ2) is 14.4. The number of hydrogen-bond acceptors (Lipinski definition) is 5. The van der Waals surface area contributed by atoms with Crippen LogP contribution in [0.3, 0.4) is 0 Å². The highest BCUT2D eigenvalue weighted by molar-refractivity contribution is 7.92. The quantitative estimate of drug-likeness (QED) is 0.298. The van der Waals surface area contributed by atoms with E-state index in [0.29, 0.717) is 24.3 Å². The second-order valence-corrected chi connectivity index (χ2v) is 12.0. The van der Waals surface area contributed by atoms with Crippen LogP contribution in [-0.2, 0) is 32.6 Å². The van der Waals surface area contributed by atoms with Crippen LogP contribution in [0.2, 0.25) is 10.0 Å². The van der Waals surface area contributed by atoms with Crippen LogP contribution < -0.4 is 14.4 Å². The summed E-state index contributed by atoms with van der Waals surface area (Å²) in [5.41, 5.74) is 1.63. The lowest BCUT2D eigenvalue weighted by molar-refractivity contribution is -0.140. The molecular weight excluding hydrogens is 573 g/mol. The van der Waals surface area contributed by atoms with Gasteiger partial charge in [0.1, 0.15) is 18.3 Å². The molecule has 0 unspecified atom stereocenters. The maximum atomic E-state index is 14.1. The first-order valence-electron chi connectivity index (χ1n) is 12.7. The molecule has 1 N–H and O–H groups in total. The summed E-state index contributed by atoms with van der Waals surface area (Å²) in [6.07, 6.45) is 1.92. The Morgan fingerprint density at radius 1 is 0.975 bits per heavy atom. The second-order valence-electron chi connectivity index (χ2n) is 9.24. The van der Waals surface area contributed by atoms with Crippen molar-refractivity contribution in [1.82, 2.24) is 10.2 Å². The molecule has 3 rings (SSSR count). The molecular formula is C29H33Cl2N3O5S. The van der Waals surface area contributed by atoms with Crippen LogP contribution in [0.25, 0.3) is 0 Å². The third-order valence-electron chi connectivity index (χ3n) is 6.16. The third kappa shape index (κ3) is 8.61. The lowest BCUT2D eigenvalue weighted by Crippen LogP contribution is -2.53. The van der Waals surface area contributed by atoms with Gasteiger partial charge in [0.2, 0.25) is 21.8 Å². The molecule has 0 aliphatic carbocycles. The minimum atomic E-state index is -3.97. The summed E-state index contributed by atoms with van der Waals surface area (Å²) in [5.74, 6) is -0.339. The van der Waals surface area contributed by atoms with Gasteiger partial charge < -0.3 is 15.0 Å². The van der Waals surface area contributed by atoms with Crippen LogP contribution in [0, 0.1) is 0 Å². The summed E-state index contributed by atoms with van der Waals surface area (Å²) >= 11 is 12.5. The Kier molecular flexibility index (Phi) is 11.2. The highest BCUT2D eigenvalue weighted by Crippen LogP contribution is 2.31. The van der Waals surface area contributed by atoms with E-state index in [1.807, 2.05) is 43.3 Å². The topological polar surface area (TPSA) is 96.0 Å². The predicted octanol–water partition coefficient (Wildman–Crippen LogP) is 4.93. The molecule has 0 saturated carbocycles. The average molecular weight is 607 g/mol. The Labute approximate surface area is 245 Å². The van der Waals surface area contributed by atoms with Crippen LogP contribution in [0.5, 0.6) is 5.75 Å². The molecule has 0 aromatic heterocycles. The monoisotopic (exact) mass is 605 g/mol. The van der Waals surface area contributed by atoms with Crippen LogP contribution in [0.15, 0.2) is 72.8 Å². The fourth-order valence-electron chi connectivity index (χ4n) is 4.16. The number of hydrogen-bond donors (Lipinski definition) is 1. The van der Waals surface area contributed by atoms with Gasteiger partial charge in [-0.05, 0) is 47.9 Å². The van der Waals surface area contributed by atoms with E-state index in [9.17, 15) is 18.0 Å². The Hall–Kier alpha value is -3.27. The summed E-state index contributed by atoms with van der Waals surface area (Å²) in [6.45, 7) is 1.81. The maximum absolute atomic E-state index is 14.1. The molecule has 214 valence electrons. The van der Waals surface area contributed by atoms with Gasteiger partial charge >= 0.3 is 0 Å². The fraction of sp³-hybridized carbons (Fsp3) is 0.310. The minimum Gasteiger partial charge on any atom is -0.497 e. The molecule has 8 nitrogen and oxygen atoms in total. The van der Waals surface area contributed by atoms with Crippen LogP contribution in [-0.4, -0.2) is 57.6 Å². The van der Waals surface area contributed by atoms with Crippen molar-refractivity contribution < 1.29 is 22.7 Å². The van der Waals surface area contributed by atoms with Crippen molar-refractivity contribution in [2.75, 3.05) is 30.8 Å². The number of methoxy groups -OCH3 is 1. The van der Waals surface area contributed by atoms with Gasteiger partial charge in [-0.15, -0.1) is 0 Å². The van der Waals surface area contributed by atoms with Crippen molar-refractivity contribution >= 4 is 50.7 Å². The minimum absolute atomic E-state index is 0.0357. The molecule has 0 fully saturated rings. The van der Waals surface area contributed by atoms with Gasteiger partial charge in [0.25, 0.3) is 0 Å². The predicted molar refractivity (Wildman–Crippen MR) is 159 cm³/mol. The van der Waals surface area contributed by atoms with Crippen molar-refractivity contribution in [3.05, 3.63) is 94.0 Å². The van der Waals surface area contributed by atoms with E-state index in [-0.39, 0.29) is 34.6 Å². The third-order valence-corrected chi connectivity index (χ3v) is 7.84. The fourth-order valence-corrected chi connectivity index (χ4v) is 5.45. The number of rotatable bonds is 13. The van der Waals surface area contributed by atoms with E-state index in [1.54, 1.807) is 18.2 Å². The molecule has 0 radical (unpaired) electrons. The van der Waals surface area contributed by atoms with Crippen molar-refractivity contribution in [3.63, 3.8) is 0 Å². The Balaban J connectivity index is 2.08. The van der Waals surface area contributed by atoms with Gasteiger partial charge in [-0.3, -0.25) is 13.9 Å². The number of carbonyl (C=O) groups excluding carboxylic acids is 2. The molecule has 11 heteroatoms. The smallest absolute Gasteiger partial charge is 0.244 e. The summed E-state index contributed by atoms with van der Waals surface area (Å²) in [5, 5.41) is 3.27. The van der Waals surface area contributed by atoms with Crippen molar-refractivity contribution in [2.24, 2.45) is 0 Å². The number of anilines is 1. The van der Waals surface area contributed by atoms with Gasteiger partial charge in [0.05, 0.1) is 24.1 Å². The molecule has 3 aromatic rings. The zero-order valence-corrected chi connectivity index (χ0v) is 25.0. The number of sulfonamides is 1. The summed E-state index contributed by atoms with van der Waals surface area (Å²) in [6, 6.07) is 19.9. The Bertz CT molecular complexity index is 1420. The SMILES string of the molecule is CCCNC(=O)[C@@H](Cc1ccccc1)N(Cc1cccc(OC)c1)C(=O)CN(c1cc(Cl)ccc1Cl)S(C)(=O)=O. The number of amides is 2. The van der Waals surface area contributed by atoms with Gasteiger partial charge in [-0.2, -0.15) is 0 Å². The zero-order valence-electron chi connectivity index (χ0n) is 22.6. The van der Waals surface area contributed by atoms with Crippen LogP contribution in [0.1, 0.15) is 24.5 Å². The average Bonchev–Trinajstić information content (AvgIpc) is 2.93. The highest BCUT2D eigenvalue weighted by Gasteiger charge is 2.33. The molecule has 40 heavy (non-hydrogen) atoms. The number of benzene rings is 3. The van der Waals surface area contributed by atoms with Crippen molar-refractivity contribution in [1.29, 1.82) is 0 Å². The maximum Gasteiger partial charge on any atom is 0.244 e. The van der Waals surface area contributed by atoms with Crippen LogP contribution in [0.4, 0.5) is 5.69 Å². The summed E-state index contributed by atoms with van der Waals surface area (Å²) in [7, 11) is -2.43. The Morgan fingerprint density at radius 3 is 2.33 bits per heavy atom. The molecule has 0 aliphatic heterocycles. The van der Waals surface area contributed by atoms with Gasteiger partial charge in [0.15, 0.2) is 0 Å². The van der Waals surface area contributed by atoms with Gasteiger partial charge in [0, 0.05) is 24.5 Å². The first-order chi connectivity index (χ1) is 19.0. The first kappa shape index (κ1) is 31.3. The van der Waals surface area contributed by atoms with Crippen LogP contribution >= 0.6 is 23.2 Å². The molecule has 0 saturated heterocycles. The molecule has 0 aliphatic rings. The van der Waals surface area contributed by atoms with E-state index in [1.165, 1.54) is 30.2 Å². The Morgan fingerprint density at radius 2 is 1.68 bits per heavy atom. The lowest BCUT2D eigenvalue weighted by Gasteiger charge is -2.33. The number of carbonyl (C=O) groups is 2. The van der Waals surface area contributed by atoms with Crippen molar-refractivity contribution in [3.8, 4) is 5.75 Å². The molecule has 3 aromatic carbocycles. The molecule has 0 heterocycles. The number of nitrogens with one attached hydrogen (secondary N) is 1. The normalized spacial score (nSPS) is 11.9. The van der Waals surface area contributed by atoms with E-state index >= 15 is 0 Å². The number of nitrogens with zero attached hydrogens (tertiary/aromatic N) is 2. The van der Waals surface area contributed by atoms with E-state index in [2.05, 4.69) is 5.32 Å². The summed E-state index contributed by atoms with van der Waals surface area (Å²) < 4.78 is 32.0. The van der Waals surface area contributed by atoms with E-state index in [0.717, 1.165) is 16.1 Å². The first-order valence-corrected chi connectivity index (χ1v) is 15.3. The zero-order chi connectivity index (χ0) is 29.3. The van der Waals surface area contributed by atoms with Gasteiger partial charge in [-0.1, -0.05) is 72.6 Å². The molecule has 2 amide bonds. The van der Waals surface area contributed by atoms with Gasteiger partial charge in [-0.25, -0.2) is 8.42 Å². The lowest BCUT2D eigenvalue weighted by atomic mass is 10.0. The largest absolute Gasteiger partial charge is 0.497 e. The molecule has 1 atom stereocenters. The standard InChI is InChI=1S/C29H33Cl2N3O5S/c1-4-15-32-29(36)27(17-21-9-6-5-7-10-21)33(19-22-11-8-12-24(16-22)39-2)28(35)20-34(40(3,37)38)26-18-23(30)13-14-25(26)31/h5-14,16,18,27H,4,15,17,19-20H2,1-3H3,(H,32,36)/t27-/m1/s1. The molecule has 0 bridgehead atoms. The highest BCUT2D eigenvalue weighted by atomic mass is 35.5. The van der Waals surface area contributed by atoms with E-state index < -0.39 is 28.5 Å². The van der Waals surface area contributed by atoms with Crippen molar-refractivity contribution in [2.45, 2.75) is 32.4 Å². The molecule has 0 spiro atoms. The number of halogens is 2. The summed E-state index contributed by atoms with van der Waals surface area (Å²) in [4.78, 5) is 29.0. The number of ether oxygens (including phenoxy) is 1.